The molecule has 210 valence electrons. The number of ketones is 1. The largest absolute Gasteiger partial charge is 0.507 e. The Morgan fingerprint density at radius 1 is 0.925 bits per heavy atom. The summed E-state index contributed by atoms with van der Waals surface area (Å²) in [5, 5.41) is 11.6. The van der Waals surface area contributed by atoms with Crippen LogP contribution in [0.2, 0.25) is 0 Å². The molecule has 0 aromatic heterocycles. The van der Waals surface area contributed by atoms with Crippen LogP contribution in [0.4, 0.5) is 0 Å². The predicted molar refractivity (Wildman–Crippen MR) is 155 cm³/mol. The molecule has 0 bridgehead atoms. The second-order valence-corrected chi connectivity index (χ2v) is 11.1. The number of hydrogen-bond acceptors (Lipinski definition) is 6. The molecule has 7 nitrogen and oxygen atoms in total. The van der Waals surface area contributed by atoms with Crippen LogP contribution in [0.5, 0.6) is 17.2 Å². The van der Waals surface area contributed by atoms with Crippen molar-refractivity contribution in [3.05, 3.63) is 94.6 Å². The van der Waals surface area contributed by atoms with Crippen LogP contribution in [-0.2, 0) is 21.5 Å². The van der Waals surface area contributed by atoms with E-state index >= 15 is 0 Å². The number of aliphatic hydroxyl groups excluding tert-OH is 1. The number of benzene rings is 3. The Kier molecular flexibility index (Phi) is 8.24. The Labute approximate surface area is 236 Å². The second kappa shape index (κ2) is 11.5. The van der Waals surface area contributed by atoms with E-state index in [1.165, 1.54) is 4.90 Å². The van der Waals surface area contributed by atoms with Crippen molar-refractivity contribution in [1.82, 2.24) is 4.90 Å². The number of para-hydroxylation sites is 1. The molecule has 3 aromatic rings. The van der Waals surface area contributed by atoms with Gasteiger partial charge in [-0.1, -0.05) is 51.1 Å². The van der Waals surface area contributed by atoms with E-state index in [-0.39, 0.29) is 29.4 Å². The van der Waals surface area contributed by atoms with Gasteiger partial charge in [0.05, 0.1) is 38.5 Å². The third kappa shape index (κ3) is 5.69. The Morgan fingerprint density at radius 2 is 1.57 bits per heavy atom. The first-order valence-electron chi connectivity index (χ1n) is 13.3. The van der Waals surface area contributed by atoms with Crippen molar-refractivity contribution in [2.45, 2.75) is 58.7 Å². The average molecular weight is 544 g/mol. The standard InChI is InChI=1S/C33H37NO6/c1-20(2)40-24-15-12-21(13-16-24)29-28(30(35)22-14-17-27(39-7)25(18-22)33(3,4)5)31(36)32(37)34(29)19-23-10-8-9-11-26(23)38-6/h8-18,20,29,35H,19H2,1-7H3/b30-28-. The van der Waals surface area contributed by atoms with E-state index in [1.54, 1.807) is 26.4 Å². The summed E-state index contributed by atoms with van der Waals surface area (Å²) in [7, 11) is 3.16. The van der Waals surface area contributed by atoms with Gasteiger partial charge < -0.3 is 24.2 Å². The summed E-state index contributed by atoms with van der Waals surface area (Å²) in [6, 6.07) is 19.1. The third-order valence-corrected chi connectivity index (χ3v) is 6.92. The van der Waals surface area contributed by atoms with Crippen LogP contribution in [0, 0.1) is 0 Å². The summed E-state index contributed by atoms with van der Waals surface area (Å²) in [5.74, 6) is 0.288. The molecular weight excluding hydrogens is 506 g/mol. The zero-order chi connectivity index (χ0) is 29.2. The Balaban J connectivity index is 1.88. The summed E-state index contributed by atoms with van der Waals surface area (Å²) in [4.78, 5) is 28.6. The number of carbonyl (C=O) groups excluding carboxylic acids is 2. The minimum atomic E-state index is -0.821. The molecule has 1 aliphatic heterocycles. The van der Waals surface area contributed by atoms with Gasteiger partial charge in [0.25, 0.3) is 11.7 Å². The minimum absolute atomic E-state index is 0.00545. The summed E-state index contributed by atoms with van der Waals surface area (Å²) < 4.78 is 16.9. The van der Waals surface area contributed by atoms with Crippen molar-refractivity contribution in [2.24, 2.45) is 0 Å². The Morgan fingerprint density at radius 3 is 2.17 bits per heavy atom. The molecule has 1 heterocycles. The van der Waals surface area contributed by atoms with E-state index < -0.39 is 17.7 Å². The first kappa shape index (κ1) is 28.7. The first-order valence-corrected chi connectivity index (χ1v) is 13.3. The van der Waals surface area contributed by atoms with E-state index in [2.05, 4.69) is 0 Å². The number of likely N-dealkylation sites (tertiary alicyclic amines) is 1. The Hall–Kier alpha value is -4.26. The van der Waals surface area contributed by atoms with Crippen molar-refractivity contribution in [1.29, 1.82) is 0 Å². The van der Waals surface area contributed by atoms with Gasteiger partial charge in [-0.05, 0) is 61.2 Å². The molecule has 1 unspecified atom stereocenters. The monoisotopic (exact) mass is 543 g/mol. The number of methoxy groups -OCH3 is 2. The van der Waals surface area contributed by atoms with E-state index in [0.717, 1.165) is 11.1 Å². The van der Waals surface area contributed by atoms with Gasteiger partial charge in [0, 0.05) is 16.7 Å². The maximum absolute atomic E-state index is 13.6. The topological polar surface area (TPSA) is 85.3 Å². The minimum Gasteiger partial charge on any atom is -0.507 e. The van der Waals surface area contributed by atoms with Gasteiger partial charge >= 0.3 is 0 Å². The summed E-state index contributed by atoms with van der Waals surface area (Å²) in [6.45, 7) is 10.1. The van der Waals surface area contributed by atoms with Crippen molar-refractivity contribution < 1.29 is 28.9 Å². The zero-order valence-corrected chi connectivity index (χ0v) is 24.1. The molecule has 7 heteroatoms. The molecule has 4 rings (SSSR count). The molecule has 1 amide bonds. The Bertz CT molecular complexity index is 1430. The number of carbonyl (C=O) groups is 2. The number of hydrogen-bond donors (Lipinski definition) is 1. The van der Waals surface area contributed by atoms with Crippen LogP contribution >= 0.6 is 0 Å². The molecule has 0 radical (unpaired) electrons. The van der Waals surface area contributed by atoms with Crippen LogP contribution in [0.3, 0.4) is 0 Å². The molecule has 1 aliphatic rings. The maximum atomic E-state index is 13.6. The average Bonchev–Trinajstić information content (AvgIpc) is 3.17. The number of nitrogens with zero attached hydrogens (tertiary/aromatic N) is 1. The van der Waals surface area contributed by atoms with Gasteiger partial charge in [-0.2, -0.15) is 0 Å². The molecule has 0 aliphatic carbocycles. The number of aliphatic hydroxyl groups is 1. The van der Waals surface area contributed by atoms with Crippen LogP contribution in [-0.4, -0.2) is 42.0 Å². The lowest BCUT2D eigenvalue weighted by Crippen LogP contribution is -2.29. The van der Waals surface area contributed by atoms with Gasteiger partial charge in [0.2, 0.25) is 0 Å². The van der Waals surface area contributed by atoms with E-state index in [1.807, 2.05) is 89.2 Å². The maximum Gasteiger partial charge on any atom is 0.295 e. The lowest BCUT2D eigenvalue weighted by molar-refractivity contribution is -0.140. The molecule has 0 saturated carbocycles. The molecule has 1 atom stereocenters. The van der Waals surface area contributed by atoms with Crippen LogP contribution in [0.1, 0.15) is 62.9 Å². The molecule has 40 heavy (non-hydrogen) atoms. The first-order chi connectivity index (χ1) is 19.0. The van der Waals surface area contributed by atoms with Gasteiger partial charge in [0.15, 0.2) is 0 Å². The van der Waals surface area contributed by atoms with Crippen LogP contribution in [0.15, 0.2) is 72.3 Å². The number of amides is 1. The summed E-state index contributed by atoms with van der Waals surface area (Å²) in [5.41, 5.74) is 2.47. The van der Waals surface area contributed by atoms with E-state index in [9.17, 15) is 14.7 Å². The smallest absolute Gasteiger partial charge is 0.295 e. The summed E-state index contributed by atoms with van der Waals surface area (Å²) in [6.07, 6.45) is -0.00545. The highest BCUT2D eigenvalue weighted by Gasteiger charge is 2.46. The van der Waals surface area contributed by atoms with Crippen LogP contribution in [0.25, 0.3) is 5.76 Å². The highest BCUT2D eigenvalue weighted by atomic mass is 16.5. The van der Waals surface area contributed by atoms with Gasteiger partial charge in [-0.15, -0.1) is 0 Å². The van der Waals surface area contributed by atoms with E-state index in [4.69, 9.17) is 14.2 Å². The van der Waals surface area contributed by atoms with Crippen molar-refractivity contribution >= 4 is 17.4 Å². The molecule has 1 saturated heterocycles. The fourth-order valence-electron chi connectivity index (χ4n) is 5.00. The van der Waals surface area contributed by atoms with Crippen LogP contribution < -0.4 is 14.2 Å². The third-order valence-electron chi connectivity index (χ3n) is 6.92. The fraction of sp³-hybridized carbons (Fsp3) is 0.333. The summed E-state index contributed by atoms with van der Waals surface area (Å²) >= 11 is 0. The van der Waals surface area contributed by atoms with Gasteiger partial charge in [-0.25, -0.2) is 0 Å². The molecule has 1 N–H and O–H groups in total. The highest BCUT2D eigenvalue weighted by Crippen LogP contribution is 2.42. The van der Waals surface area contributed by atoms with Gasteiger partial charge in [-0.3, -0.25) is 9.59 Å². The van der Waals surface area contributed by atoms with Crippen molar-refractivity contribution in [3.63, 3.8) is 0 Å². The molecular formula is C33H37NO6. The fourth-order valence-corrected chi connectivity index (χ4v) is 5.00. The van der Waals surface area contributed by atoms with E-state index in [0.29, 0.717) is 28.4 Å². The van der Waals surface area contributed by atoms with Crippen molar-refractivity contribution in [3.8, 4) is 17.2 Å². The lowest BCUT2D eigenvalue weighted by Gasteiger charge is -2.26. The predicted octanol–water partition coefficient (Wildman–Crippen LogP) is 6.41. The zero-order valence-electron chi connectivity index (χ0n) is 24.1. The normalized spacial score (nSPS) is 16.9. The molecule has 1 fully saturated rings. The number of ether oxygens (including phenoxy) is 3. The van der Waals surface area contributed by atoms with Crippen molar-refractivity contribution in [2.75, 3.05) is 14.2 Å². The SMILES string of the molecule is COc1ccccc1CN1C(=O)C(=O)/C(=C(\O)c2ccc(OC)c(C(C)(C)C)c2)C1c1ccc(OC(C)C)cc1. The lowest BCUT2D eigenvalue weighted by atomic mass is 9.84. The molecule has 0 spiro atoms. The van der Waals surface area contributed by atoms with Gasteiger partial charge in [0.1, 0.15) is 23.0 Å². The molecule has 3 aromatic carbocycles. The quantitative estimate of drug-likeness (QED) is 0.201. The number of Topliss-reactive ketones (excluding diaryl/α,β-unsaturated/α-hetero) is 1. The highest BCUT2D eigenvalue weighted by molar-refractivity contribution is 6.46. The second-order valence-electron chi connectivity index (χ2n) is 11.1. The number of rotatable bonds is 8.